The van der Waals surface area contributed by atoms with E-state index in [1.807, 2.05) is 31.1 Å². The van der Waals surface area contributed by atoms with Gasteiger partial charge in [0.2, 0.25) is 11.9 Å². The monoisotopic (exact) mass is 342 g/mol. The molecule has 0 aliphatic rings. The second-order valence-corrected chi connectivity index (χ2v) is 5.77. The van der Waals surface area contributed by atoms with Crippen molar-refractivity contribution < 1.29 is 9.26 Å². The summed E-state index contributed by atoms with van der Waals surface area (Å²) in [4.78, 5) is 6.15. The van der Waals surface area contributed by atoms with Crippen molar-refractivity contribution in [1.82, 2.24) is 10.1 Å². The van der Waals surface area contributed by atoms with E-state index < -0.39 is 0 Å². The molecule has 0 unspecified atom stereocenters. The Kier molecular flexibility index (Phi) is 4.48. The summed E-state index contributed by atoms with van der Waals surface area (Å²) in [5.74, 6) is 0.497. The summed E-state index contributed by atoms with van der Waals surface area (Å²) in [6.45, 7) is 0. The van der Waals surface area contributed by atoms with Crippen molar-refractivity contribution in [2.24, 2.45) is 0 Å². The largest absolute Gasteiger partial charge is 0.618 e. The van der Waals surface area contributed by atoms with Crippen LogP contribution in [0.15, 0.2) is 53.1 Å². The second-order valence-electron chi connectivity index (χ2n) is 5.33. The van der Waals surface area contributed by atoms with Crippen molar-refractivity contribution in [2.45, 2.75) is 0 Å². The molecule has 122 valence electrons. The van der Waals surface area contributed by atoms with E-state index >= 15 is 0 Å². The zero-order valence-corrected chi connectivity index (χ0v) is 13.9. The highest BCUT2D eigenvalue weighted by atomic mass is 35.5. The van der Waals surface area contributed by atoms with Gasteiger partial charge in [-0.15, -0.1) is 0 Å². The summed E-state index contributed by atoms with van der Waals surface area (Å²) in [5, 5.41) is 16.6. The van der Waals surface area contributed by atoms with Gasteiger partial charge in [-0.3, -0.25) is 0 Å². The molecule has 6 nitrogen and oxygen atoms in total. The van der Waals surface area contributed by atoms with Gasteiger partial charge in [-0.2, -0.15) is 9.72 Å². The maximum Gasteiger partial charge on any atom is 0.261 e. The smallest absolute Gasteiger partial charge is 0.261 e. The Morgan fingerprint density at radius 3 is 2.58 bits per heavy atom. The molecule has 1 aromatic heterocycles. The Balaban J connectivity index is 1.83. The van der Waals surface area contributed by atoms with E-state index in [4.69, 9.17) is 16.1 Å². The number of hydrogen-bond acceptors (Lipinski definition) is 5. The van der Waals surface area contributed by atoms with Crippen molar-refractivity contribution in [1.29, 1.82) is 0 Å². The summed E-state index contributed by atoms with van der Waals surface area (Å²) in [7, 11) is 3.87. The maximum absolute atomic E-state index is 12.2. The lowest BCUT2D eigenvalue weighted by Crippen LogP contribution is -2.08. The number of hydrogen-bond donors (Lipinski definition) is 0. The molecule has 0 aliphatic heterocycles. The second kappa shape index (κ2) is 6.72. The molecule has 0 amide bonds. The highest BCUT2D eigenvalue weighted by Gasteiger charge is 2.11. The van der Waals surface area contributed by atoms with Crippen LogP contribution in [0, 0.1) is 5.21 Å². The summed E-state index contributed by atoms with van der Waals surface area (Å²) in [5.41, 5.74) is 2.19. The number of halogens is 1. The Bertz CT molecular complexity index is 872. The third-order valence-corrected chi connectivity index (χ3v) is 3.60. The highest BCUT2D eigenvalue weighted by Crippen LogP contribution is 2.21. The summed E-state index contributed by atoms with van der Waals surface area (Å²) in [6, 6.07) is 14.3. The van der Waals surface area contributed by atoms with Crippen LogP contribution in [0.3, 0.4) is 0 Å². The third kappa shape index (κ3) is 3.55. The number of benzene rings is 2. The molecular formula is C17H15ClN4O2. The molecule has 24 heavy (non-hydrogen) atoms. The predicted octanol–water partition coefficient (Wildman–Crippen LogP) is 3.72. The van der Waals surface area contributed by atoms with Crippen LogP contribution in [0.5, 0.6) is 0 Å². The van der Waals surface area contributed by atoms with E-state index in [0.29, 0.717) is 26.9 Å². The molecule has 3 aromatic rings. The molecule has 0 atom stereocenters. The van der Waals surface area contributed by atoms with E-state index in [2.05, 4.69) is 10.1 Å². The van der Waals surface area contributed by atoms with E-state index in [1.54, 1.807) is 36.4 Å². The first-order chi connectivity index (χ1) is 11.5. The molecule has 0 radical (unpaired) electrons. The number of nitrogens with zero attached hydrogens (tertiary/aromatic N) is 4. The lowest BCUT2D eigenvalue weighted by atomic mass is 10.2. The summed E-state index contributed by atoms with van der Waals surface area (Å²) < 4.78 is 5.87. The molecule has 3 rings (SSSR count). The molecule has 0 saturated heterocycles. The van der Waals surface area contributed by atoms with E-state index in [-0.39, 0.29) is 5.82 Å². The van der Waals surface area contributed by atoms with Gasteiger partial charge >= 0.3 is 0 Å². The van der Waals surface area contributed by atoms with E-state index in [9.17, 15) is 5.21 Å². The highest BCUT2D eigenvalue weighted by molar-refractivity contribution is 6.30. The number of rotatable bonds is 4. The number of anilines is 1. The van der Waals surface area contributed by atoms with Crippen LogP contribution < -0.4 is 4.90 Å². The molecule has 0 spiro atoms. The van der Waals surface area contributed by atoms with Gasteiger partial charge in [0.15, 0.2) is 0 Å². The molecule has 0 bridgehead atoms. The zero-order chi connectivity index (χ0) is 17.1. The minimum Gasteiger partial charge on any atom is -0.618 e. The lowest BCUT2D eigenvalue weighted by Gasteiger charge is -2.11. The van der Waals surface area contributed by atoms with Crippen LogP contribution in [0.2, 0.25) is 5.02 Å². The molecule has 0 fully saturated rings. The average Bonchev–Trinajstić information content (AvgIpc) is 3.03. The van der Waals surface area contributed by atoms with Crippen molar-refractivity contribution in [3.05, 3.63) is 64.6 Å². The fourth-order valence-corrected chi connectivity index (χ4v) is 2.29. The van der Waals surface area contributed by atoms with Gasteiger partial charge in [-0.25, -0.2) is 0 Å². The molecule has 0 saturated carbocycles. The van der Waals surface area contributed by atoms with Crippen molar-refractivity contribution in [3.8, 4) is 11.5 Å². The molecule has 7 heteroatoms. The molecule has 2 aromatic carbocycles. The molecule has 0 N–H and O–H groups in total. The van der Waals surface area contributed by atoms with Gasteiger partial charge < -0.3 is 14.6 Å². The number of aromatic nitrogens is 2. The Morgan fingerprint density at radius 1 is 1.17 bits per heavy atom. The maximum atomic E-state index is 12.2. The zero-order valence-electron chi connectivity index (χ0n) is 13.2. The minimum atomic E-state index is 0.191. The third-order valence-electron chi connectivity index (χ3n) is 3.37. The van der Waals surface area contributed by atoms with Crippen LogP contribution in [-0.2, 0) is 0 Å². The predicted molar refractivity (Wildman–Crippen MR) is 94.0 cm³/mol. The fourth-order valence-electron chi connectivity index (χ4n) is 2.10. The van der Waals surface area contributed by atoms with Crippen LogP contribution in [0.4, 0.5) is 11.4 Å². The Hall–Kier alpha value is -2.86. The first-order valence-corrected chi connectivity index (χ1v) is 7.59. The van der Waals surface area contributed by atoms with Crippen LogP contribution >= 0.6 is 11.6 Å². The molecule has 0 aliphatic carbocycles. The van der Waals surface area contributed by atoms with Crippen molar-refractivity contribution in [2.75, 3.05) is 19.0 Å². The van der Waals surface area contributed by atoms with Gasteiger partial charge in [-0.05, 0) is 30.3 Å². The van der Waals surface area contributed by atoms with Crippen LogP contribution in [0.25, 0.3) is 11.5 Å². The Labute approximate surface area is 144 Å². The van der Waals surface area contributed by atoms with Crippen molar-refractivity contribution in [3.63, 3.8) is 0 Å². The quantitative estimate of drug-likeness (QED) is 0.313. The van der Waals surface area contributed by atoms with E-state index in [1.165, 1.54) is 6.21 Å². The van der Waals surface area contributed by atoms with Gasteiger partial charge in [0.05, 0.1) is 0 Å². The van der Waals surface area contributed by atoms with Crippen LogP contribution in [0.1, 0.15) is 5.82 Å². The summed E-state index contributed by atoms with van der Waals surface area (Å²) >= 11 is 5.94. The standard InChI is InChI=1S/C17H15ClN4O2/c1-21(2)14-6-8-15(9-7-14)22(23)11-16-19-17(24-20-16)12-4-3-5-13(18)10-12/h3-11H,1-2H3/b22-11-. The first kappa shape index (κ1) is 16.0. The van der Waals surface area contributed by atoms with Gasteiger partial charge in [0.1, 0.15) is 0 Å². The Morgan fingerprint density at radius 2 is 1.92 bits per heavy atom. The molecule has 1 heterocycles. The fraction of sp³-hybridized carbons (Fsp3) is 0.118. The minimum absolute atomic E-state index is 0.191. The topological polar surface area (TPSA) is 68.2 Å². The van der Waals surface area contributed by atoms with E-state index in [0.717, 1.165) is 5.69 Å². The van der Waals surface area contributed by atoms with Gasteiger partial charge in [0.25, 0.3) is 11.7 Å². The van der Waals surface area contributed by atoms with Crippen LogP contribution in [-0.4, -0.2) is 35.2 Å². The summed E-state index contributed by atoms with van der Waals surface area (Å²) in [6.07, 6.45) is 1.27. The first-order valence-electron chi connectivity index (χ1n) is 7.21. The van der Waals surface area contributed by atoms with Gasteiger partial charge in [0, 0.05) is 42.5 Å². The normalized spacial score (nSPS) is 11.5. The lowest BCUT2D eigenvalue weighted by molar-refractivity contribution is -0.354. The average molecular weight is 343 g/mol. The molecular weight excluding hydrogens is 328 g/mol. The SMILES string of the molecule is CN(C)c1ccc(/[N+]([O-])=C/c2noc(-c3cccc(Cl)c3)n2)cc1. The van der Waals surface area contributed by atoms with Crippen molar-refractivity contribution >= 4 is 29.2 Å². The van der Waals surface area contributed by atoms with Gasteiger partial charge in [-0.1, -0.05) is 22.8 Å².